The van der Waals surface area contributed by atoms with E-state index < -0.39 is 5.60 Å². The third-order valence-corrected chi connectivity index (χ3v) is 4.68. The lowest BCUT2D eigenvalue weighted by molar-refractivity contribution is -0.148. The number of esters is 1. The fraction of sp³-hybridized carbons (Fsp3) is 0.611. The number of rotatable bonds is 3. The second-order valence-electron chi connectivity index (χ2n) is 7.01. The average Bonchev–Trinajstić information content (AvgIpc) is 2.71. The quantitative estimate of drug-likeness (QED) is 0.864. The molecule has 22 heavy (non-hydrogen) atoms. The summed E-state index contributed by atoms with van der Waals surface area (Å²) in [5.41, 5.74) is 3.09. The number of hydrogen-bond donors (Lipinski definition) is 1. The van der Waals surface area contributed by atoms with E-state index in [4.69, 9.17) is 9.47 Å². The van der Waals surface area contributed by atoms with Crippen LogP contribution in [0.1, 0.15) is 55.9 Å². The number of fused-ring (bicyclic) bond motifs is 1. The monoisotopic (exact) mass is 306 g/mol. The molecule has 0 aromatic heterocycles. The number of phenolic OH excluding ortho intramolecular Hbond substituents is 1. The Morgan fingerprint density at radius 1 is 1.23 bits per heavy atom. The summed E-state index contributed by atoms with van der Waals surface area (Å²) in [6, 6.07) is 0. The van der Waals surface area contributed by atoms with Gasteiger partial charge in [-0.3, -0.25) is 4.79 Å². The van der Waals surface area contributed by atoms with Gasteiger partial charge in [0.15, 0.2) is 0 Å². The summed E-state index contributed by atoms with van der Waals surface area (Å²) in [7, 11) is 0. The van der Waals surface area contributed by atoms with Crippen LogP contribution < -0.4 is 4.74 Å². The number of carbonyl (C=O) groups excluding carboxylic acids is 1. The maximum atomic E-state index is 11.8. The van der Waals surface area contributed by atoms with Crippen LogP contribution in [0.3, 0.4) is 0 Å². The Hall–Kier alpha value is -1.71. The van der Waals surface area contributed by atoms with E-state index in [-0.39, 0.29) is 24.4 Å². The number of hydrogen-bond acceptors (Lipinski definition) is 4. The van der Waals surface area contributed by atoms with Gasteiger partial charge in [-0.05, 0) is 51.3 Å². The highest BCUT2D eigenvalue weighted by atomic mass is 16.5. The summed E-state index contributed by atoms with van der Waals surface area (Å²) in [5.74, 6) is 0.672. The molecule has 4 heteroatoms. The molecule has 0 saturated heterocycles. The Bertz CT molecular complexity index is 614. The maximum absolute atomic E-state index is 11.8. The standard InChI is InChI=1S/C18H26O4/c1-9(2)17(20)21-8-13-14-12(5)15(19)10(3)11(4)16(14)22-18(13,6)7/h9,13,19H,8H2,1-7H3. The van der Waals surface area contributed by atoms with Crippen molar-refractivity contribution in [2.24, 2.45) is 5.92 Å². The molecule has 1 N–H and O–H groups in total. The average molecular weight is 306 g/mol. The summed E-state index contributed by atoms with van der Waals surface area (Å²) in [6.45, 7) is 13.6. The first-order valence-electron chi connectivity index (χ1n) is 7.76. The van der Waals surface area contributed by atoms with Crippen molar-refractivity contribution in [3.63, 3.8) is 0 Å². The molecule has 0 saturated carbocycles. The van der Waals surface area contributed by atoms with Gasteiger partial charge in [0, 0.05) is 5.56 Å². The summed E-state index contributed by atoms with van der Waals surface area (Å²) >= 11 is 0. The van der Waals surface area contributed by atoms with E-state index in [1.165, 1.54) is 0 Å². The van der Waals surface area contributed by atoms with E-state index in [0.29, 0.717) is 5.75 Å². The molecule has 122 valence electrons. The highest BCUT2D eigenvalue weighted by molar-refractivity contribution is 5.71. The first-order chi connectivity index (χ1) is 10.1. The topological polar surface area (TPSA) is 55.8 Å². The smallest absolute Gasteiger partial charge is 0.308 e. The van der Waals surface area contributed by atoms with Gasteiger partial charge in [-0.1, -0.05) is 13.8 Å². The Labute approximate surface area is 132 Å². The summed E-state index contributed by atoms with van der Waals surface area (Å²) in [4.78, 5) is 11.8. The highest BCUT2D eigenvalue weighted by Gasteiger charge is 2.44. The van der Waals surface area contributed by atoms with Crippen molar-refractivity contribution in [3.05, 3.63) is 22.3 Å². The number of carbonyl (C=O) groups is 1. The SMILES string of the molecule is Cc1c(C)c2c(c(C)c1O)C(COC(=O)C(C)C)C(C)(C)O2. The fourth-order valence-electron chi connectivity index (χ4n) is 2.98. The van der Waals surface area contributed by atoms with Crippen LogP contribution in [-0.2, 0) is 9.53 Å². The van der Waals surface area contributed by atoms with Crippen molar-refractivity contribution in [2.75, 3.05) is 6.61 Å². The normalized spacial score (nSPS) is 19.0. The van der Waals surface area contributed by atoms with Crippen LogP contribution in [0, 0.1) is 26.7 Å². The number of ether oxygens (including phenoxy) is 2. The molecule has 0 radical (unpaired) electrons. The molecule has 0 aliphatic carbocycles. The Morgan fingerprint density at radius 3 is 2.36 bits per heavy atom. The second kappa shape index (κ2) is 5.49. The molecular weight excluding hydrogens is 280 g/mol. The first kappa shape index (κ1) is 16.7. The molecule has 1 aromatic rings. The van der Waals surface area contributed by atoms with Crippen molar-refractivity contribution in [1.29, 1.82) is 0 Å². The van der Waals surface area contributed by atoms with Crippen LogP contribution in [0.15, 0.2) is 0 Å². The summed E-state index contributed by atoms with van der Waals surface area (Å²) < 4.78 is 11.6. The molecular formula is C18H26O4. The Balaban J connectivity index is 2.44. The number of benzene rings is 1. The van der Waals surface area contributed by atoms with Gasteiger partial charge in [-0.2, -0.15) is 0 Å². The van der Waals surface area contributed by atoms with Gasteiger partial charge in [0.25, 0.3) is 0 Å². The van der Waals surface area contributed by atoms with Crippen LogP contribution in [0.2, 0.25) is 0 Å². The Morgan fingerprint density at radius 2 is 1.82 bits per heavy atom. The molecule has 1 aromatic carbocycles. The molecule has 1 unspecified atom stereocenters. The molecule has 1 aliphatic heterocycles. The summed E-state index contributed by atoms with van der Waals surface area (Å²) in [5, 5.41) is 10.3. The van der Waals surface area contributed by atoms with E-state index in [1.54, 1.807) is 0 Å². The minimum Gasteiger partial charge on any atom is -0.507 e. The van der Waals surface area contributed by atoms with Crippen LogP contribution in [0.25, 0.3) is 0 Å². The summed E-state index contributed by atoms with van der Waals surface area (Å²) in [6.07, 6.45) is 0. The zero-order chi connectivity index (χ0) is 16.8. The van der Waals surface area contributed by atoms with Crippen molar-refractivity contribution in [2.45, 2.75) is 60.0 Å². The van der Waals surface area contributed by atoms with E-state index >= 15 is 0 Å². The maximum Gasteiger partial charge on any atom is 0.308 e. The third-order valence-electron chi connectivity index (χ3n) is 4.68. The molecule has 0 spiro atoms. The molecule has 0 fully saturated rings. The molecule has 1 atom stereocenters. The van der Waals surface area contributed by atoms with Crippen molar-refractivity contribution >= 4 is 5.97 Å². The van der Waals surface area contributed by atoms with E-state index in [2.05, 4.69) is 0 Å². The van der Waals surface area contributed by atoms with Crippen LogP contribution in [0.4, 0.5) is 0 Å². The van der Waals surface area contributed by atoms with E-state index in [9.17, 15) is 9.90 Å². The first-order valence-corrected chi connectivity index (χ1v) is 7.76. The lowest BCUT2D eigenvalue weighted by Gasteiger charge is -2.26. The molecule has 2 rings (SSSR count). The lowest BCUT2D eigenvalue weighted by Crippen LogP contribution is -2.34. The van der Waals surface area contributed by atoms with Gasteiger partial charge >= 0.3 is 5.97 Å². The van der Waals surface area contributed by atoms with Gasteiger partial charge in [-0.15, -0.1) is 0 Å². The van der Waals surface area contributed by atoms with E-state index in [1.807, 2.05) is 48.5 Å². The van der Waals surface area contributed by atoms with Crippen LogP contribution in [-0.4, -0.2) is 23.3 Å². The molecule has 1 heterocycles. The largest absolute Gasteiger partial charge is 0.507 e. The lowest BCUT2D eigenvalue weighted by atomic mass is 9.83. The fourth-order valence-corrected chi connectivity index (χ4v) is 2.98. The molecule has 0 amide bonds. The molecule has 0 bridgehead atoms. The third kappa shape index (κ3) is 2.55. The zero-order valence-electron chi connectivity index (χ0n) is 14.5. The number of phenols is 1. The van der Waals surface area contributed by atoms with Crippen molar-refractivity contribution < 1.29 is 19.4 Å². The second-order valence-corrected chi connectivity index (χ2v) is 7.01. The molecule has 4 nitrogen and oxygen atoms in total. The molecule has 1 aliphatic rings. The van der Waals surface area contributed by atoms with Gasteiger partial charge in [0.1, 0.15) is 23.7 Å². The van der Waals surface area contributed by atoms with Gasteiger partial charge < -0.3 is 14.6 Å². The number of aromatic hydroxyl groups is 1. The predicted octanol–water partition coefficient (Wildman–Crippen LogP) is 3.77. The predicted molar refractivity (Wildman–Crippen MR) is 85.6 cm³/mol. The van der Waals surface area contributed by atoms with Crippen molar-refractivity contribution in [1.82, 2.24) is 0 Å². The Kier molecular flexibility index (Phi) is 4.16. The van der Waals surface area contributed by atoms with Gasteiger partial charge in [0.05, 0.1) is 11.8 Å². The zero-order valence-corrected chi connectivity index (χ0v) is 14.5. The van der Waals surface area contributed by atoms with E-state index in [0.717, 1.165) is 28.0 Å². The van der Waals surface area contributed by atoms with Gasteiger partial charge in [0.2, 0.25) is 0 Å². The van der Waals surface area contributed by atoms with Crippen molar-refractivity contribution in [3.8, 4) is 11.5 Å². The van der Waals surface area contributed by atoms with Crippen LogP contribution >= 0.6 is 0 Å². The minimum atomic E-state index is -0.477. The highest BCUT2D eigenvalue weighted by Crippen LogP contribution is 2.51. The minimum absolute atomic E-state index is 0.0876. The van der Waals surface area contributed by atoms with Gasteiger partial charge in [-0.25, -0.2) is 0 Å². The van der Waals surface area contributed by atoms with Crippen LogP contribution in [0.5, 0.6) is 11.5 Å².